The number of hydrogen-bond donors (Lipinski definition) is 2. The molecule has 3 rings (SSSR count). The molecule has 0 spiro atoms. The second kappa shape index (κ2) is 9.89. The second-order valence-electron chi connectivity index (χ2n) is 6.37. The van der Waals surface area contributed by atoms with Gasteiger partial charge in [0, 0.05) is 10.9 Å². The minimum Gasteiger partial charge on any atom is -0.493 e. The molecule has 2 N–H and O–H groups in total. The SMILES string of the molecule is CCCc1n[nH]c(=S)n1NCc1cc(OC)c(OCc2ccc(F)cc2)cc1Br. The number of halogens is 2. The zero-order valence-corrected chi connectivity index (χ0v) is 18.6. The molecule has 0 aliphatic carbocycles. The van der Waals surface area contributed by atoms with Gasteiger partial charge in [0.15, 0.2) is 17.3 Å². The van der Waals surface area contributed by atoms with Gasteiger partial charge < -0.3 is 14.9 Å². The smallest absolute Gasteiger partial charge is 0.214 e. The standard InChI is InChI=1S/C20H22BrFN4O2S/c1-3-4-19-24-25-20(29)26(19)23-11-14-9-17(27-2)18(10-16(14)21)28-12-13-5-7-15(22)8-6-13/h5-10,23H,3-4,11-12H2,1-2H3,(H,25,29). The molecule has 0 aliphatic rings. The van der Waals surface area contributed by atoms with E-state index in [1.807, 2.05) is 12.1 Å². The highest BCUT2D eigenvalue weighted by molar-refractivity contribution is 9.10. The number of ether oxygens (including phenoxy) is 2. The van der Waals surface area contributed by atoms with E-state index in [1.54, 1.807) is 23.9 Å². The van der Waals surface area contributed by atoms with E-state index >= 15 is 0 Å². The van der Waals surface area contributed by atoms with Gasteiger partial charge in [-0.15, -0.1) is 0 Å². The van der Waals surface area contributed by atoms with Crippen LogP contribution in [0.1, 0.15) is 30.3 Å². The largest absolute Gasteiger partial charge is 0.493 e. The Kier molecular flexibility index (Phi) is 7.27. The zero-order valence-electron chi connectivity index (χ0n) is 16.2. The van der Waals surface area contributed by atoms with Crippen molar-refractivity contribution in [3.8, 4) is 11.5 Å². The summed E-state index contributed by atoms with van der Waals surface area (Å²) in [4.78, 5) is 0. The van der Waals surface area contributed by atoms with Crippen molar-refractivity contribution in [1.29, 1.82) is 0 Å². The Balaban J connectivity index is 1.73. The van der Waals surface area contributed by atoms with Crippen LogP contribution >= 0.6 is 28.1 Å². The van der Waals surface area contributed by atoms with E-state index in [0.717, 1.165) is 34.3 Å². The molecule has 0 saturated heterocycles. The molecule has 0 amide bonds. The lowest BCUT2D eigenvalue weighted by Crippen LogP contribution is -2.18. The van der Waals surface area contributed by atoms with Crippen LogP contribution in [0.15, 0.2) is 40.9 Å². The fourth-order valence-corrected chi connectivity index (χ4v) is 3.45. The Hall–Kier alpha value is -2.39. The molecule has 0 bridgehead atoms. The summed E-state index contributed by atoms with van der Waals surface area (Å²) in [6.07, 6.45) is 1.79. The molecule has 0 radical (unpaired) electrons. The van der Waals surface area contributed by atoms with Crippen molar-refractivity contribution in [1.82, 2.24) is 14.9 Å². The predicted octanol–water partition coefficient (Wildman–Crippen LogP) is 5.13. The van der Waals surface area contributed by atoms with Crippen LogP contribution in [0.2, 0.25) is 0 Å². The van der Waals surface area contributed by atoms with Crippen molar-refractivity contribution >= 4 is 28.1 Å². The van der Waals surface area contributed by atoms with Crippen LogP contribution in [0.5, 0.6) is 11.5 Å². The Labute approximate surface area is 182 Å². The van der Waals surface area contributed by atoms with Crippen molar-refractivity contribution in [3.63, 3.8) is 0 Å². The molecule has 0 unspecified atom stereocenters. The maximum Gasteiger partial charge on any atom is 0.214 e. The number of benzene rings is 2. The molecule has 3 aromatic rings. The first-order valence-electron chi connectivity index (χ1n) is 9.15. The number of H-pyrrole nitrogens is 1. The van der Waals surface area contributed by atoms with Crippen molar-refractivity contribution in [3.05, 3.63) is 68.4 Å². The summed E-state index contributed by atoms with van der Waals surface area (Å²) in [5.74, 6) is 1.79. The average Bonchev–Trinajstić information content (AvgIpc) is 3.06. The number of hydrogen-bond acceptors (Lipinski definition) is 5. The third kappa shape index (κ3) is 5.36. The molecule has 154 valence electrons. The van der Waals surface area contributed by atoms with E-state index in [9.17, 15) is 4.39 Å². The molecular formula is C20H22BrFN4O2S. The Morgan fingerprint density at radius 1 is 1.24 bits per heavy atom. The van der Waals surface area contributed by atoms with Gasteiger partial charge in [-0.2, -0.15) is 5.10 Å². The highest BCUT2D eigenvalue weighted by Crippen LogP contribution is 2.34. The van der Waals surface area contributed by atoms with E-state index in [2.05, 4.69) is 38.5 Å². The molecule has 0 atom stereocenters. The Morgan fingerprint density at radius 3 is 2.69 bits per heavy atom. The third-order valence-corrected chi connectivity index (χ3v) is 5.30. The fraction of sp³-hybridized carbons (Fsp3) is 0.300. The van der Waals surface area contributed by atoms with Gasteiger partial charge in [0.25, 0.3) is 0 Å². The van der Waals surface area contributed by atoms with Crippen LogP contribution in [-0.2, 0) is 19.6 Å². The number of rotatable bonds is 9. The number of nitrogens with one attached hydrogen (secondary N) is 2. The molecule has 6 nitrogen and oxygen atoms in total. The summed E-state index contributed by atoms with van der Waals surface area (Å²) >= 11 is 8.89. The van der Waals surface area contributed by atoms with Crippen LogP contribution in [0.25, 0.3) is 0 Å². The van der Waals surface area contributed by atoms with Crippen LogP contribution in [0.4, 0.5) is 4.39 Å². The molecular weight excluding hydrogens is 459 g/mol. The normalized spacial score (nSPS) is 10.8. The van der Waals surface area contributed by atoms with Crippen LogP contribution in [0.3, 0.4) is 0 Å². The molecule has 29 heavy (non-hydrogen) atoms. The molecule has 2 aromatic carbocycles. The minimum atomic E-state index is -0.272. The summed E-state index contributed by atoms with van der Waals surface area (Å²) in [7, 11) is 1.59. The van der Waals surface area contributed by atoms with Gasteiger partial charge in [-0.3, -0.25) is 5.10 Å². The van der Waals surface area contributed by atoms with Crippen molar-refractivity contribution in [2.24, 2.45) is 0 Å². The first-order valence-corrected chi connectivity index (χ1v) is 10.4. The van der Waals surface area contributed by atoms with Gasteiger partial charge in [-0.1, -0.05) is 35.0 Å². The molecule has 0 aliphatic heterocycles. The summed E-state index contributed by atoms with van der Waals surface area (Å²) in [6.45, 7) is 2.92. The molecule has 9 heteroatoms. The topological polar surface area (TPSA) is 64.1 Å². The lowest BCUT2D eigenvalue weighted by Gasteiger charge is -2.15. The highest BCUT2D eigenvalue weighted by Gasteiger charge is 2.12. The first-order chi connectivity index (χ1) is 14.0. The van der Waals surface area contributed by atoms with Gasteiger partial charge in [-0.05, 0) is 54.0 Å². The Bertz CT molecular complexity index is 1020. The summed E-state index contributed by atoms with van der Waals surface area (Å²) < 4.78 is 27.6. The number of aryl methyl sites for hydroxylation is 1. The van der Waals surface area contributed by atoms with Crippen LogP contribution < -0.4 is 14.9 Å². The number of nitrogens with zero attached hydrogens (tertiary/aromatic N) is 2. The zero-order chi connectivity index (χ0) is 20.8. The summed E-state index contributed by atoms with van der Waals surface area (Å²) in [5.41, 5.74) is 5.14. The first kappa shape index (κ1) is 21.3. The number of methoxy groups -OCH3 is 1. The molecule has 0 fully saturated rings. The maximum absolute atomic E-state index is 13.0. The molecule has 1 heterocycles. The number of aromatic amines is 1. The summed E-state index contributed by atoms with van der Waals surface area (Å²) in [6, 6.07) is 9.97. The van der Waals surface area contributed by atoms with Gasteiger partial charge >= 0.3 is 0 Å². The lowest BCUT2D eigenvalue weighted by molar-refractivity contribution is 0.284. The third-order valence-electron chi connectivity index (χ3n) is 4.28. The highest BCUT2D eigenvalue weighted by atomic mass is 79.9. The van der Waals surface area contributed by atoms with E-state index in [1.165, 1.54) is 12.1 Å². The summed E-state index contributed by atoms with van der Waals surface area (Å²) in [5, 5.41) is 7.06. The predicted molar refractivity (Wildman–Crippen MR) is 116 cm³/mol. The van der Waals surface area contributed by atoms with Gasteiger partial charge in [0.2, 0.25) is 4.77 Å². The van der Waals surface area contributed by atoms with Gasteiger partial charge in [-0.25, -0.2) is 9.07 Å². The van der Waals surface area contributed by atoms with Crippen molar-refractivity contribution in [2.75, 3.05) is 12.5 Å². The van der Waals surface area contributed by atoms with Crippen LogP contribution in [0, 0.1) is 10.6 Å². The second-order valence-corrected chi connectivity index (χ2v) is 7.62. The van der Waals surface area contributed by atoms with E-state index in [0.29, 0.717) is 29.4 Å². The van der Waals surface area contributed by atoms with Crippen LogP contribution in [-0.4, -0.2) is 22.0 Å². The van der Waals surface area contributed by atoms with Crippen molar-refractivity contribution < 1.29 is 13.9 Å². The van der Waals surface area contributed by atoms with Gasteiger partial charge in [0.1, 0.15) is 12.4 Å². The monoisotopic (exact) mass is 480 g/mol. The quantitative estimate of drug-likeness (QED) is 0.415. The molecule has 1 aromatic heterocycles. The fourth-order valence-electron chi connectivity index (χ4n) is 2.77. The van der Waals surface area contributed by atoms with E-state index in [4.69, 9.17) is 21.7 Å². The van der Waals surface area contributed by atoms with Gasteiger partial charge in [0.05, 0.1) is 13.7 Å². The lowest BCUT2D eigenvalue weighted by atomic mass is 10.2. The molecule has 0 saturated carbocycles. The van der Waals surface area contributed by atoms with Crippen molar-refractivity contribution in [2.45, 2.75) is 32.9 Å². The minimum absolute atomic E-state index is 0.272. The maximum atomic E-state index is 13.0. The number of aromatic nitrogens is 3. The van der Waals surface area contributed by atoms with E-state index in [-0.39, 0.29) is 5.82 Å². The Morgan fingerprint density at radius 2 is 2.00 bits per heavy atom. The van der Waals surface area contributed by atoms with E-state index < -0.39 is 0 Å². The average molecular weight is 481 g/mol.